The average molecular weight is 269 g/mol. The standard InChI is InChI=1S/C16H19N3O/c1-10(2)13-6-4-5-11(3)15(13)19-16(20)14-8-7-12(17)9-18-14/h4-10H,17H2,1-3H3,(H,19,20). The highest BCUT2D eigenvalue weighted by molar-refractivity contribution is 6.03. The van der Waals surface area contributed by atoms with Crippen LogP contribution in [0.4, 0.5) is 11.4 Å². The van der Waals surface area contributed by atoms with Crippen LogP contribution < -0.4 is 11.1 Å². The van der Waals surface area contributed by atoms with Crippen LogP contribution in [-0.4, -0.2) is 10.9 Å². The van der Waals surface area contributed by atoms with Crippen molar-refractivity contribution < 1.29 is 4.79 Å². The summed E-state index contributed by atoms with van der Waals surface area (Å²) in [5.41, 5.74) is 9.50. The number of aromatic nitrogens is 1. The number of benzene rings is 1. The van der Waals surface area contributed by atoms with Gasteiger partial charge in [0.05, 0.1) is 11.9 Å². The fraction of sp³-hybridized carbons (Fsp3) is 0.250. The van der Waals surface area contributed by atoms with Gasteiger partial charge in [0.1, 0.15) is 5.69 Å². The molecule has 104 valence electrons. The molecule has 1 heterocycles. The predicted octanol–water partition coefficient (Wildman–Crippen LogP) is 3.35. The first kappa shape index (κ1) is 14.1. The molecule has 4 nitrogen and oxygen atoms in total. The van der Waals surface area contributed by atoms with Crippen LogP contribution in [0.1, 0.15) is 41.4 Å². The molecule has 0 aliphatic carbocycles. The number of rotatable bonds is 3. The van der Waals surface area contributed by atoms with E-state index in [2.05, 4.69) is 24.1 Å². The monoisotopic (exact) mass is 269 g/mol. The third-order valence-electron chi connectivity index (χ3n) is 3.18. The Morgan fingerprint density at radius 2 is 2.00 bits per heavy atom. The molecule has 1 amide bonds. The van der Waals surface area contributed by atoms with Crippen molar-refractivity contribution in [1.29, 1.82) is 0 Å². The molecule has 0 aliphatic rings. The van der Waals surface area contributed by atoms with E-state index >= 15 is 0 Å². The molecular weight excluding hydrogens is 250 g/mol. The molecule has 0 aliphatic heterocycles. The first-order valence-electron chi connectivity index (χ1n) is 6.61. The zero-order chi connectivity index (χ0) is 14.7. The highest BCUT2D eigenvalue weighted by Gasteiger charge is 2.13. The van der Waals surface area contributed by atoms with Crippen LogP contribution in [0.2, 0.25) is 0 Å². The maximum atomic E-state index is 12.2. The summed E-state index contributed by atoms with van der Waals surface area (Å²) in [7, 11) is 0. The van der Waals surface area contributed by atoms with Crippen molar-refractivity contribution in [3.63, 3.8) is 0 Å². The van der Waals surface area contributed by atoms with Crippen LogP contribution in [0.3, 0.4) is 0 Å². The van der Waals surface area contributed by atoms with E-state index in [0.29, 0.717) is 17.3 Å². The van der Waals surface area contributed by atoms with Crippen molar-refractivity contribution in [3.05, 3.63) is 53.3 Å². The molecule has 0 saturated carbocycles. The van der Waals surface area contributed by atoms with Crippen LogP contribution in [0, 0.1) is 6.92 Å². The maximum absolute atomic E-state index is 12.2. The molecule has 0 unspecified atom stereocenters. The van der Waals surface area contributed by atoms with Crippen molar-refractivity contribution >= 4 is 17.3 Å². The van der Waals surface area contributed by atoms with E-state index in [1.165, 1.54) is 6.20 Å². The lowest BCUT2D eigenvalue weighted by molar-refractivity contribution is 0.102. The number of pyridine rings is 1. The highest BCUT2D eigenvalue weighted by atomic mass is 16.1. The van der Waals surface area contributed by atoms with E-state index in [1.807, 2.05) is 25.1 Å². The van der Waals surface area contributed by atoms with E-state index in [1.54, 1.807) is 12.1 Å². The fourth-order valence-corrected chi connectivity index (χ4v) is 2.06. The van der Waals surface area contributed by atoms with Gasteiger partial charge in [-0.1, -0.05) is 32.0 Å². The third-order valence-corrected chi connectivity index (χ3v) is 3.18. The Balaban J connectivity index is 2.30. The number of carbonyl (C=O) groups is 1. The van der Waals surface area contributed by atoms with Crippen molar-refractivity contribution in [2.24, 2.45) is 0 Å². The van der Waals surface area contributed by atoms with E-state index in [-0.39, 0.29) is 5.91 Å². The van der Waals surface area contributed by atoms with Gasteiger partial charge in [-0.3, -0.25) is 4.79 Å². The molecule has 1 aromatic heterocycles. The van der Waals surface area contributed by atoms with Gasteiger partial charge in [0.15, 0.2) is 0 Å². The molecule has 0 atom stereocenters. The van der Waals surface area contributed by atoms with Gasteiger partial charge in [-0.2, -0.15) is 0 Å². The van der Waals surface area contributed by atoms with Crippen molar-refractivity contribution in [3.8, 4) is 0 Å². The lowest BCUT2D eigenvalue weighted by Gasteiger charge is -2.16. The minimum absolute atomic E-state index is 0.221. The van der Waals surface area contributed by atoms with Gasteiger partial charge >= 0.3 is 0 Å². The van der Waals surface area contributed by atoms with Gasteiger partial charge in [-0.05, 0) is 36.1 Å². The number of para-hydroxylation sites is 1. The molecule has 0 saturated heterocycles. The number of amides is 1. The molecule has 4 heteroatoms. The van der Waals surface area contributed by atoms with Gasteiger partial charge in [0, 0.05) is 5.69 Å². The summed E-state index contributed by atoms with van der Waals surface area (Å²) in [5.74, 6) is 0.116. The second-order valence-electron chi connectivity index (χ2n) is 5.12. The molecule has 3 N–H and O–H groups in total. The third kappa shape index (κ3) is 2.96. The summed E-state index contributed by atoms with van der Waals surface area (Å²) in [6.07, 6.45) is 1.48. The molecule has 0 radical (unpaired) electrons. The summed E-state index contributed by atoms with van der Waals surface area (Å²) in [4.78, 5) is 16.3. The number of nitrogens with zero attached hydrogens (tertiary/aromatic N) is 1. The lowest BCUT2D eigenvalue weighted by Crippen LogP contribution is -2.16. The van der Waals surface area contributed by atoms with Crippen LogP contribution in [0.15, 0.2) is 36.5 Å². The molecule has 1 aromatic carbocycles. The van der Waals surface area contributed by atoms with Gasteiger partial charge in [0.2, 0.25) is 0 Å². The van der Waals surface area contributed by atoms with Crippen molar-refractivity contribution in [1.82, 2.24) is 4.98 Å². The normalized spacial score (nSPS) is 10.6. The van der Waals surface area contributed by atoms with Crippen LogP contribution >= 0.6 is 0 Å². The fourth-order valence-electron chi connectivity index (χ4n) is 2.06. The second-order valence-corrected chi connectivity index (χ2v) is 5.12. The summed E-state index contributed by atoms with van der Waals surface area (Å²) in [5, 5.41) is 2.95. The number of hydrogen-bond donors (Lipinski definition) is 2. The SMILES string of the molecule is Cc1cccc(C(C)C)c1NC(=O)c1ccc(N)cn1. The van der Waals surface area contributed by atoms with E-state index in [0.717, 1.165) is 16.8 Å². The number of anilines is 2. The molecule has 20 heavy (non-hydrogen) atoms. The molecule has 2 aromatic rings. The van der Waals surface area contributed by atoms with Crippen molar-refractivity contribution in [2.45, 2.75) is 26.7 Å². The maximum Gasteiger partial charge on any atom is 0.274 e. The zero-order valence-corrected chi connectivity index (χ0v) is 12.0. The number of nitrogens with two attached hydrogens (primary N) is 1. The highest BCUT2D eigenvalue weighted by Crippen LogP contribution is 2.27. The minimum Gasteiger partial charge on any atom is -0.397 e. The Morgan fingerprint density at radius 1 is 1.25 bits per heavy atom. The first-order valence-corrected chi connectivity index (χ1v) is 6.61. The Bertz CT molecular complexity index is 618. The minimum atomic E-state index is -0.221. The summed E-state index contributed by atoms with van der Waals surface area (Å²) in [6.45, 7) is 6.19. The number of hydrogen-bond acceptors (Lipinski definition) is 3. The van der Waals surface area contributed by atoms with Gasteiger partial charge in [-0.25, -0.2) is 4.98 Å². The van der Waals surface area contributed by atoms with Crippen molar-refractivity contribution in [2.75, 3.05) is 11.1 Å². The van der Waals surface area contributed by atoms with Gasteiger partial charge in [-0.15, -0.1) is 0 Å². The lowest BCUT2D eigenvalue weighted by atomic mass is 9.98. The van der Waals surface area contributed by atoms with Crippen LogP contribution in [0.5, 0.6) is 0 Å². The number of aryl methyl sites for hydroxylation is 1. The van der Waals surface area contributed by atoms with Crippen LogP contribution in [0.25, 0.3) is 0 Å². The second kappa shape index (κ2) is 5.74. The zero-order valence-electron chi connectivity index (χ0n) is 12.0. The number of nitrogens with one attached hydrogen (secondary N) is 1. The Kier molecular flexibility index (Phi) is 4.03. The molecular formula is C16H19N3O. The molecule has 0 spiro atoms. The number of carbonyl (C=O) groups excluding carboxylic acids is 1. The van der Waals surface area contributed by atoms with E-state index < -0.39 is 0 Å². The van der Waals surface area contributed by atoms with Crippen LogP contribution in [-0.2, 0) is 0 Å². The van der Waals surface area contributed by atoms with Gasteiger partial charge in [0.25, 0.3) is 5.91 Å². The van der Waals surface area contributed by atoms with E-state index in [9.17, 15) is 4.79 Å². The Labute approximate surface area is 119 Å². The molecule has 2 rings (SSSR count). The number of nitrogen functional groups attached to an aromatic ring is 1. The quantitative estimate of drug-likeness (QED) is 0.897. The summed E-state index contributed by atoms with van der Waals surface area (Å²) < 4.78 is 0. The van der Waals surface area contributed by atoms with Gasteiger partial charge < -0.3 is 11.1 Å². The largest absolute Gasteiger partial charge is 0.397 e. The summed E-state index contributed by atoms with van der Waals surface area (Å²) in [6, 6.07) is 9.31. The Hall–Kier alpha value is -2.36. The first-order chi connectivity index (χ1) is 9.49. The predicted molar refractivity (Wildman–Crippen MR) is 81.9 cm³/mol. The molecule has 0 bridgehead atoms. The average Bonchev–Trinajstić information content (AvgIpc) is 2.41. The Morgan fingerprint density at radius 3 is 2.60 bits per heavy atom. The molecule has 0 fully saturated rings. The topological polar surface area (TPSA) is 68.0 Å². The smallest absolute Gasteiger partial charge is 0.274 e. The summed E-state index contributed by atoms with van der Waals surface area (Å²) >= 11 is 0. The van der Waals surface area contributed by atoms with E-state index in [4.69, 9.17) is 5.73 Å².